The number of nitrogens with zero attached hydrogens (tertiary/aromatic N) is 3. The Balaban J connectivity index is 1.63. The number of fused-ring (bicyclic) bond motifs is 6. The van der Waals surface area contributed by atoms with Crippen molar-refractivity contribution in [2.45, 2.75) is 19.3 Å². The summed E-state index contributed by atoms with van der Waals surface area (Å²) < 4.78 is 2.32. The summed E-state index contributed by atoms with van der Waals surface area (Å²) >= 11 is 1.74. The van der Waals surface area contributed by atoms with E-state index in [1.54, 1.807) is 11.3 Å². The zero-order valence-electron chi connectivity index (χ0n) is 15.6. The van der Waals surface area contributed by atoms with Gasteiger partial charge in [-0.2, -0.15) is 0 Å². The van der Waals surface area contributed by atoms with Crippen LogP contribution >= 0.6 is 11.3 Å². The van der Waals surface area contributed by atoms with Crippen LogP contribution in [0.5, 0.6) is 0 Å². The van der Waals surface area contributed by atoms with Crippen molar-refractivity contribution in [1.29, 1.82) is 0 Å². The smallest absolute Gasteiger partial charge is 0.116 e. The Hall–Kier alpha value is -3.11. The summed E-state index contributed by atoms with van der Waals surface area (Å²) in [5.74, 6) is 0. The number of benzene rings is 3. The summed E-state index contributed by atoms with van der Waals surface area (Å²) in [6, 6.07) is 23.8. The number of hydrogen-bond acceptors (Lipinski definition) is 4. The first kappa shape index (κ1) is 15.9. The third kappa shape index (κ3) is 2.01. The van der Waals surface area contributed by atoms with Crippen molar-refractivity contribution in [3.05, 3.63) is 77.9 Å². The van der Waals surface area contributed by atoms with E-state index in [1.807, 2.05) is 6.07 Å². The van der Waals surface area contributed by atoms with E-state index in [1.165, 1.54) is 27.0 Å². The van der Waals surface area contributed by atoms with E-state index < -0.39 is 0 Å². The molecule has 0 spiro atoms. The maximum absolute atomic E-state index is 4.44. The predicted molar refractivity (Wildman–Crippen MR) is 116 cm³/mol. The lowest BCUT2D eigenvalue weighted by Gasteiger charge is -2.21. The lowest BCUT2D eigenvalue weighted by molar-refractivity contribution is 0.660. The highest BCUT2D eigenvalue weighted by Gasteiger charge is 2.35. The van der Waals surface area contributed by atoms with Crippen LogP contribution in [0.4, 0.5) is 0 Å². The first-order valence-electron chi connectivity index (χ1n) is 9.40. The second-order valence-corrected chi connectivity index (χ2v) is 8.90. The standard InChI is InChI=1S/C24H17N3S/c1-24(2)18-9-5-3-7-15(18)17-13-14(11-12-19(17)24)21-23-22(26-27-25-21)16-8-4-6-10-20(16)28-23/h3-13H,1-2H3. The molecular formula is C24H17N3S. The van der Waals surface area contributed by atoms with Gasteiger partial charge in [0.2, 0.25) is 0 Å². The van der Waals surface area contributed by atoms with Gasteiger partial charge >= 0.3 is 0 Å². The molecule has 5 aromatic rings. The van der Waals surface area contributed by atoms with Gasteiger partial charge in [0, 0.05) is 21.1 Å². The zero-order chi connectivity index (χ0) is 18.9. The van der Waals surface area contributed by atoms with Gasteiger partial charge in [-0.3, -0.25) is 0 Å². The Morgan fingerprint density at radius 2 is 1.57 bits per heavy atom. The van der Waals surface area contributed by atoms with Crippen molar-refractivity contribution in [3.63, 3.8) is 0 Å². The van der Waals surface area contributed by atoms with Crippen LogP contribution in [-0.2, 0) is 5.41 Å². The monoisotopic (exact) mass is 379 g/mol. The first-order valence-corrected chi connectivity index (χ1v) is 10.2. The van der Waals surface area contributed by atoms with Gasteiger partial charge in [0.05, 0.1) is 4.70 Å². The van der Waals surface area contributed by atoms with Crippen molar-refractivity contribution < 1.29 is 0 Å². The van der Waals surface area contributed by atoms with Gasteiger partial charge in [0.1, 0.15) is 11.2 Å². The minimum atomic E-state index is 0.0152. The molecule has 3 aromatic carbocycles. The summed E-state index contributed by atoms with van der Waals surface area (Å²) in [5, 5.41) is 14.0. The Kier molecular flexibility index (Phi) is 3.10. The van der Waals surface area contributed by atoms with E-state index in [-0.39, 0.29) is 5.41 Å². The fraction of sp³-hybridized carbons (Fsp3) is 0.125. The van der Waals surface area contributed by atoms with Crippen molar-refractivity contribution in [2.24, 2.45) is 0 Å². The number of thiophene rings is 1. The average Bonchev–Trinajstić information content (AvgIpc) is 3.22. The maximum atomic E-state index is 4.44. The Bertz CT molecular complexity index is 1400. The fourth-order valence-electron chi connectivity index (χ4n) is 4.51. The van der Waals surface area contributed by atoms with Crippen molar-refractivity contribution >= 4 is 31.6 Å². The largest absolute Gasteiger partial charge is 0.131 e. The molecular weight excluding hydrogens is 362 g/mol. The van der Waals surface area contributed by atoms with E-state index in [4.69, 9.17) is 0 Å². The fourth-order valence-corrected chi connectivity index (χ4v) is 5.65. The summed E-state index contributed by atoms with van der Waals surface area (Å²) in [7, 11) is 0. The zero-order valence-corrected chi connectivity index (χ0v) is 16.4. The minimum absolute atomic E-state index is 0.0152. The van der Waals surface area contributed by atoms with Crippen LogP contribution in [0.15, 0.2) is 66.7 Å². The maximum Gasteiger partial charge on any atom is 0.116 e. The lowest BCUT2D eigenvalue weighted by atomic mass is 9.82. The van der Waals surface area contributed by atoms with Crippen molar-refractivity contribution in [3.8, 4) is 22.4 Å². The second-order valence-electron chi connectivity index (χ2n) is 7.84. The van der Waals surface area contributed by atoms with Crippen LogP contribution in [0.1, 0.15) is 25.0 Å². The Labute approximate surface area is 166 Å². The summed E-state index contributed by atoms with van der Waals surface area (Å²) in [6.07, 6.45) is 0. The predicted octanol–water partition coefficient (Wildman–Crippen LogP) is 6.21. The minimum Gasteiger partial charge on any atom is -0.131 e. The normalized spacial score (nSPS) is 14.4. The topological polar surface area (TPSA) is 38.7 Å². The third-order valence-electron chi connectivity index (χ3n) is 5.93. The molecule has 2 heterocycles. The molecule has 0 radical (unpaired) electrons. The summed E-state index contributed by atoms with van der Waals surface area (Å²) in [4.78, 5) is 0. The summed E-state index contributed by atoms with van der Waals surface area (Å²) in [5.41, 5.74) is 8.33. The molecule has 0 saturated heterocycles. The second kappa shape index (κ2) is 5.46. The van der Waals surface area contributed by atoms with Gasteiger partial charge in [-0.05, 0) is 39.6 Å². The molecule has 0 unspecified atom stereocenters. The van der Waals surface area contributed by atoms with E-state index >= 15 is 0 Å². The van der Waals surface area contributed by atoms with Crippen LogP contribution in [0.25, 0.3) is 42.7 Å². The Morgan fingerprint density at radius 1 is 0.786 bits per heavy atom. The van der Waals surface area contributed by atoms with Gasteiger partial charge in [0.25, 0.3) is 0 Å². The molecule has 0 aliphatic heterocycles. The van der Waals surface area contributed by atoms with Gasteiger partial charge in [-0.25, -0.2) is 0 Å². The molecule has 0 atom stereocenters. The van der Waals surface area contributed by atoms with E-state index in [2.05, 4.69) is 89.9 Å². The molecule has 28 heavy (non-hydrogen) atoms. The highest BCUT2D eigenvalue weighted by molar-refractivity contribution is 7.26. The molecule has 0 saturated carbocycles. The average molecular weight is 379 g/mol. The quantitative estimate of drug-likeness (QED) is 0.347. The van der Waals surface area contributed by atoms with Crippen LogP contribution in [-0.4, -0.2) is 15.4 Å². The third-order valence-corrected chi connectivity index (χ3v) is 7.10. The van der Waals surface area contributed by atoms with Crippen LogP contribution in [0, 0.1) is 0 Å². The SMILES string of the molecule is CC1(C)c2ccccc2-c2cc(-c3nnnc4c3sc3ccccc34)ccc21. The van der Waals surface area contributed by atoms with Crippen LogP contribution < -0.4 is 0 Å². The van der Waals surface area contributed by atoms with E-state index in [9.17, 15) is 0 Å². The molecule has 3 nitrogen and oxygen atoms in total. The Morgan fingerprint density at radius 3 is 2.50 bits per heavy atom. The van der Waals surface area contributed by atoms with E-state index in [0.29, 0.717) is 0 Å². The highest BCUT2D eigenvalue weighted by Crippen LogP contribution is 2.49. The van der Waals surface area contributed by atoms with Crippen LogP contribution in [0.3, 0.4) is 0 Å². The molecule has 6 rings (SSSR count). The number of hydrogen-bond donors (Lipinski definition) is 0. The highest BCUT2D eigenvalue weighted by atomic mass is 32.1. The van der Waals surface area contributed by atoms with Gasteiger partial charge < -0.3 is 0 Å². The van der Waals surface area contributed by atoms with Crippen molar-refractivity contribution in [1.82, 2.24) is 15.4 Å². The van der Waals surface area contributed by atoms with Crippen LogP contribution in [0.2, 0.25) is 0 Å². The van der Waals surface area contributed by atoms with E-state index in [0.717, 1.165) is 26.9 Å². The molecule has 0 fully saturated rings. The molecule has 2 aromatic heterocycles. The molecule has 1 aliphatic carbocycles. The van der Waals surface area contributed by atoms with Crippen molar-refractivity contribution in [2.75, 3.05) is 0 Å². The van der Waals surface area contributed by atoms with Gasteiger partial charge in [-0.15, -0.1) is 21.5 Å². The van der Waals surface area contributed by atoms with Gasteiger partial charge in [-0.1, -0.05) is 68.4 Å². The molecule has 1 aliphatic rings. The summed E-state index contributed by atoms with van der Waals surface area (Å²) in [6.45, 7) is 4.60. The molecule has 0 amide bonds. The lowest BCUT2D eigenvalue weighted by Crippen LogP contribution is -2.14. The number of rotatable bonds is 1. The molecule has 0 bridgehead atoms. The molecule has 4 heteroatoms. The number of aromatic nitrogens is 3. The van der Waals surface area contributed by atoms with Gasteiger partial charge in [0.15, 0.2) is 0 Å². The molecule has 0 N–H and O–H groups in total. The first-order chi connectivity index (χ1) is 13.6. The molecule has 134 valence electrons.